The van der Waals surface area contributed by atoms with Gasteiger partial charge < -0.3 is 31.1 Å². The van der Waals surface area contributed by atoms with Gasteiger partial charge in [-0.2, -0.15) is 0 Å². The van der Waals surface area contributed by atoms with E-state index in [1.165, 1.54) is 11.0 Å². The Morgan fingerprint density at radius 1 is 1.07 bits per heavy atom. The van der Waals surface area contributed by atoms with Crippen LogP contribution in [0.4, 0.5) is 10.5 Å². The third kappa shape index (κ3) is 8.87. The van der Waals surface area contributed by atoms with Crippen molar-refractivity contribution >= 4 is 41.1 Å². The molecule has 0 aliphatic rings. The minimum absolute atomic E-state index is 0.0261. The normalized spacial score (nSPS) is 12.8. The maximum absolute atomic E-state index is 14.1. The van der Waals surface area contributed by atoms with Crippen molar-refractivity contribution in [2.45, 2.75) is 85.0 Å². The Morgan fingerprint density at radius 2 is 1.73 bits per heavy atom. The van der Waals surface area contributed by atoms with Crippen molar-refractivity contribution in [3.63, 3.8) is 0 Å². The Morgan fingerprint density at radius 3 is 2.25 bits per heavy atom. The fourth-order valence-corrected chi connectivity index (χ4v) is 4.39. The number of alkyl carbamates (subject to hydrolysis) is 1. The predicted molar refractivity (Wildman–Crippen MR) is 154 cm³/mol. The van der Waals surface area contributed by atoms with E-state index in [2.05, 4.69) is 10.6 Å². The maximum Gasteiger partial charge on any atom is 0.408 e. The molecule has 2 atom stereocenters. The summed E-state index contributed by atoms with van der Waals surface area (Å²) >= 11 is 6.37. The first-order valence-corrected chi connectivity index (χ1v) is 13.3. The van der Waals surface area contributed by atoms with Gasteiger partial charge in [-0.1, -0.05) is 29.8 Å². The van der Waals surface area contributed by atoms with E-state index in [9.17, 15) is 24.3 Å². The molecule has 2 aromatic carbocycles. The fraction of sp³-hybridized carbons (Fsp3) is 0.448. The van der Waals surface area contributed by atoms with Crippen LogP contribution in [0, 0.1) is 13.8 Å². The standard InChI is InChI=1S/C29H39ClN4O6/c1-16(2)34(27(38)21(12-14-23(31)36)32-28(39)40-29(5,6)7)25(19-11-13-22(35)18(4)15-19)26(37)33-24-17(3)9-8-10-20(24)30/h8-11,13,15-16,21,25,35H,12,14H2,1-7H3,(H2,31,36)(H,32,39)(H,33,37). The minimum Gasteiger partial charge on any atom is -0.508 e. The fourth-order valence-electron chi connectivity index (χ4n) is 4.12. The number of phenols is 1. The summed E-state index contributed by atoms with van der Waals surface area (Å²) in [7, 11) is 0. The van der Waals surface area contributed by atoms with Crippen LogP contribution >= 0.6 is 11.6 Å². The molecule has 0 saturated heterocycles. The Hall–Kier alpha value is -3.79. The zero-order valence-corrected chi connectivity index (χ0v) is 24.8. The molecule has 5 N–H and O–H groups in total. The molecule has 2 rings (SSSR count). The summed E-state index contributed by atoms with van der Waals surface area (Å²) in [6.45, 7) is 12.0. The van der Waals surface area contributed by atoms with Crippen molar-refractivity contribution in [3.05, 3.63) is 58.1 Å². The van der Waals surface area contributed by atoms with E-state index in [1.54, 1.807) is 78.8 Å². The molecule has 0 spiro atoms. The van der Waals surface area contributed by atoms with E-state index in [-0.39, 0.29) is 18.6 Å². The lowest BCUT2D eigenvalue weighted by Crippen LogP contribution is -2.54. The van der Waals surface area contributed by atoms with Gasteiger partial charge in [-0.15, -0.1) is 0 Å². The van der Waals surface area contributed by atoms with Crippen LogP contribution in [0.25, 0.3) is 0 Å². The van der Waals surface area contributed by atoms with E-state index in [0.29, 0.717) is 21.8 Å². The van der Waals surface area contributed by atoms with Gasteiger partial charge in [-0.3, -0.25) is 14.4 Å². The second kappa shape index (κ2) is 13.5. The molecule has 0 aliphatic carbocycles. The highest BCUT2D eigenvalue weighted by Gasteiger charge is 2.38. The lowest BCUT2D eigenvalue weighted by Gasteiger charge is -2.37. The molecule has 4 amide bonds. The highest BCUT2D eigenvalue weighted by molar-refractivity contribution is 6.34. The highest BCUT2D eigenvalue weighted by Crippen LogP contribution is 2.32. The Balaban J connectivity index is 2.60. The summed E-state index contributed by atoms with van der Waals surface area (Å²) in [5, 5.41) is 15.8. The zero-order chi connectivity index (χ0) is 30.4. The van der Waals surface area contributed by atoms with Gasteiger partial charge >= 0.3 is 6.09 Å². The van der Waals surface area contributed by atoms with Gasteiger partial charge in [-0.05, 0) is 89.8 Å². The minimum atomic E-state index is -1.22. The second-order valence-corrected chi connectivity index (χ2v) is 11.3. The van der Waals surface area contributed by atoms with E-state index in [0.717, 1.165) is 5.56 Å². The van der Waals surface area contributed by atoms with Gasteiger partial charge in [0.1, 0.15) is 23.4 Å². The van der Waals surface area contributed by atoms with Crippen LogP contribution in [0.3, 0.4) is 0 Å². The van der Waals surface area contributed by atoms with Crippen LogP contribution in [-0.2, 0) is 19.1 Å². The van der Waals surface area contributed by atoms with Crippen LogP contribution < -0.4 is 16.4 Å². The number of anilines is 1. The Bertz CT molecular complexity index is 1240. The first kappa shape index (κ1) is 32.4. The number of halogens is 1. The van der Waals surface area contributed by atoms with E-state index in [1.807, 2.05) is 0 Å². The molecule has 0 bridgehead atoms. The molecule has 2 unspecified atom stereocenters. The summed E-state index contributed by atoms with van der Waals surface area (Å²) in [6, 6.07) is 6.83. The lowest BCUT2D eigenvalue weighted by atomic mass is 9.98. The van der Waals surface area contributed by atoms with Crippen LogP contribution in [0.2, 0.25) is 5.02 Å². The number of phenolic OH excluding ortho intramolecular Hbond substituents is 1. The number of nitrogens with zero attached hydrogens (tertiary/aromatic N) is 1. The van der Waals surface area contributed by atoms with Gasteiger partial charge in [-0.25, -0.2) is 4.79 Å². The molecular weight excluding hydrogens is 536 g/mol. The van der Waals surface area contributed by atoms with E-state index >= 15 is 0 Å². The van der Waals surface area contributed by atoms with Gasteiger partial charge in [0.2, 0.25) is 11.8 Å². The van der Waals surface area contributed by atoms with Crippen LogP contribution in [0.15, 0.2) is 36.4 Å². The molecule has 0 radical (unpaired) electrons. The first-order valence-electron chi connectivity index (χ1n) is 13.0. The number of rotatable bonds is 10. The quantitative estimate of drug-likeness (QED) is 0.322. The molecule has 218 valence electrons. The van der Waals surface area contributed by atoms with E-state index < -0.39 is 47.5 Å². The van der Waals surface area contributed by atoms with Crippen molar-refractivity contribution in [3.8, 4) is 5.75 Å². The summed E-state index contributed by atoms with van der Waals surface area (Å²) in [5.41, 5.74) is 6.54. The molecule has 10 nitrogen and oxygen atoms in total. The number of carbonyl (C=O) groups excluding carboxylic acids is 4. The predicted octanol–water partition coefficient (Wildman–Crippen LogP) is 4.74. The van der Waals surface area contributed by atoms with Gasteiger partial charge in [0, 0.05) is 12.5 Å². The van der Waals surface area contributed by atoms with Crippen LogP contribution in [0.5, 0.6) is 5.75 Å². The number of aryl methyl sites for hydroxylation is 2. The molecular formula is C29H39ClN4O6. The topological polar surface area (TPSA) is 151 Å². The Kier molecular flexibility index (Phi) is 11.0. The van der Waals surface area contributed by atoms with Crippen molar-refractivity contribution in [1.29, 1.82) is 0 Å². The second-order valence-electron chi connectivity index (χ2n) is 10.9. The molecule has 0 aliphatic heterocycles. The van der Waals surface area contributed by atoms with Gasteiger partial charge in [0.15, 0.2) is 0 Å². The number of hydrogen-bond acceptors (Lipinski definition) is 6. The summed E-state index contributed by atoms with van der Waals surface area (Å²) in [5.74, 6) is -1.81. The number of aromatic hydroxyl groups is 1. The number of carbonyl (C=O) groups is 4. The zero-order valence-electron chi connectivity index (χ0n) is 24.0. The van der Waals surface area contributed by atoms with Gasteiger partial charge in [0.25, 0.3) is 5.91 Å². The summed E-state index contributed by atoms with van der Waals surface area (Å²) in [4.78, 5) is 53.6. The molecule has 2 aromatic rings. The van der Waals surface area contributed by atoms with Crippen molar-refractivity contribution in [2.24, 2.45) is 5.73 Å². The number of nitrogens with one attached hydrogen (secondary N) is 2. The average Bonchev–Trinajstić information content (AvgIpc) is 2.82. The summed E-state index contributed by atoms with van der Waals surface area (Å²) < 4.78 is 5.33. The SMILES string of the molecule is Cc1cc(C(C(=O)Nc2c(C)cccc2Cl)N(C(=O)C(CCC(N)=O)NC(=O)OC(C)(C)C)C(C)C)ccc1O. The number of hydrogen-bond donors (Lipinski definition) is 4. The van der Waals surface area contributed by atoms with Crippen LogP contribution in [-0.4, -0.2) is 51.5 Å². The molecule has 40 heavy (non-hydrogen) atoms. The molecule has 0 aromatic heterocycles. The summed E-state index contributed by atoms with van der Waals surface area (Å²) in [6.07, 6.45) is -1.15. The van der Waals surface area contributed by atoms with E-state index in [4.69, 9.17) is 22.1 Å². The Labute approximate surface area is 240 Å². The molecule has 0 saturated carbocycles. The van der Waals surface area contributed by atoms with Crippen molar-refractivity contribution in [1.82, 2.24) is 10.2 Å². The number of primary amides is 1. The lowest BCUT2D eigenvalue weighted by molar-refractivity contribution is -0.143. The molecule has 0 fully saturated rings. The number of nitrogens with two attached hydrogens (primary N) is 1. The highest BCUT2D eigenvalue weighted by atomic mass is 35.5. The average molecular weight is 575 g/mol. The monoisotopic (exact) mass is 574 g/mol. The third-order valence-corrected chi connectivity index (χ3v) is 6.33. The van der Waals surface area contributed by atoms with Crippen molar-refractivity contribution < 1.29 is 29.0 Å². The smallest absolute Gasteiger partial charge is 0.408 e. The molecule has 11 heteroatoms. The van der Waals surface area contributed by atoms with Gasteiger partial charge in [0.05, 0.1) is 10.7 Å². The number of benzene rings is 2. The first-order chi connectivity index (χ1) is 18.5. The third-order valence-electron chi connectivity index (χ3n) is 6.01. The molecule has 0 heterocycles. The largest absolute Gasteiger partial charge is 0.508 e. The maximum atomic E-state index is 14.1. The van der Waals surface area contributed by atoms with Crippen molar-refractivity contribution in [2.75, 3.05) is 5.32 Å². The number of para-hydroxylation sites is 1. The van der Waals surface area contributed by atoms with Crippen LogP contribution in [0.1, 0.15) is 70.2 Å². The number of ether oxygens (including phenoxy) is 1. The number of amides is 4.